The lowest BCUT2D eigenvalue weighted by atomic mass is 9.95. The average molecular weight is 188 g/mol. The van der Waals surface area contributed by atoms with Crippen molar-refractivity contribution >= 4 is 0 Å². The van der Waals surface area contributed by atoms with Crippen molar-refractivity contribution in [3.8, 4) is 0 Å². The Kier molecular flexibility index (Phi) is 4.93. The molecular formula is C14H20. The smallest absolute Gasteiger partial charge is 0.0162 e. The molecule has 0 bridgehead atoms. The number of rotatable bonds is 4. The second-order valence-corrected chi connectivity index (χ2v) is 3.63. The Labute approximate surface area is 88.0 Å². The summed E-state index contributed by atoms with van der Waals surface area (Å²) in [6.07, 6.45) is 4.16. The average Bonchev–Trinajstić information content (AvgIpc) is 2.11. The molecule has 0 saturated heterocycles. The Morgan fingerprint density at radius 1 is 0.929 bits per heavy atom. The van der Waals surface area contributed by atoms with Gasteiger partial charge in [-0.2, -0.15) is 0 Å². The minimum absolute atomic E-state index is 0.971. The summed E-state index contributed by atoms with van der Waals surface area (Å²) < 4.78 is 0. The van der Waals surface area contributed by atoms with E-state index in [0.717, 1.165) is 22.3 Å². The van der Waals surface area contributed by atoms with Crippen LogP contribution in [0, 0.1) is 0 Å². The maximum Gasteiger partial charge on any atom is -0.0162 e. The van der Waals surface area contributed by atoms with Crippen molar-refractivity contribution in [3.05, 3.63) is 59.8 Å². The molecule has 0 nitrogen and oxygen atoms in total. The first-order valence-corrected chi connectivity index (χ1v) is 4.75. The van der Waals surface area contributed by atoms with Gasteiger partial charge in [0, 0.05) is 0 Å². The Bertz CT molecular complexity index is 322. The van der Waals surface area contributed by atoms with Gasteiger partial charge in [0.1, 0.15) is 0 Å². The molecule has 0 aromatic heterocycles. The van der Waals surface area contributed by atoms with E-state index in [-0.39, 0.29) is 0 Å². The number of hydrogen-bond acceptors (Lipinski definition) is 0. The monoisotopic (exact) mass is 188 g/mol. The molecule has 0 radical (unpaired) electrons. The summed E-state index contributed by atoms with van der Waals surface area (Å²) in [4.78, 5) is 0. The quantitative estimate of drug-likeness (QED) is 0.566. The highest BCUT2D eigenvalue weighted by atomic mass is 14.1. The van der Waals surface area contributed by atoms with Crippen LogP contribution in [-0.4, -0.2) is 0 Å². The number of allylic oxidation sites excluding steroid dienone is 7. The number of hydrogen-bond donors (Lipinski definition) is 0. The van der Waals surface area contributed by atoms with Crippen molar-refractivity contribution in [3.63, 3.8) is 0 Å². The van der Waals surface area contributed by atoms with Crippen LogP contribution in [0.15, 0.2) is 59.8 Å². The van der Waals surface area contributed by atoms with Gasteiger partial charge in [-0.3, -0.25) is 0 Å². The molecule has 0 atom stereocenters. The highest BCUT2D eigenvalue weighted by Gasteiger charge is 2.04. The van der Waals surface area contributed by atoms with Crippen LogP contribution in [0.1, 0.15) is 27.7 Å². The minimum atomic E-state index is 0.971. The fourth-order valence-electron chi connectivity index (χ4n) is 1.01. The van der Waals surface area contributed by atoms with Gasteiger partial charge < -0.3 is 0 Å². The Morgan fingerprint density at radius 2 is 1.43 bits per heavy atom. The van der Waals surface area contributed by atoms with E-state index in [2.05, 4.69) is 38.8 Å². The third-order valence-corrected chi connectivity index (χ3v) is 2.13. The molecule has 0 N–H and O–H groups in total. The molecule has 0 fully saturated rings. The normalized spacial score (nSPS) is 12.6. The highest BCUT2D eigenvalue weighted by molar-refractivity contribution is 5.53. The topological polar surface area (TPSA) is 0 Å². The van der Waals surface area contributed by atoms with Gasteiger partial charge in [-0.25, -0.2) is 0 Å². The van der Waals surface area contributed by atoms with Crippen LogP contribution < -0.4 is 0 Å². The molecule has 76 valence electrons. The maximum atomic E-state index is 4.01. The van der Waals surface area contributed by atoms with Gasteiger partial charge >= 0.3 is 0 Å². The van der Waals surface area contributed by atoms with E-state index >= 15 is 0 Å². The molecule has 0 aliphatic rings. The van der Waals surface area contributed by atoms with E-state index in [1.54, 1.807) is 0 Å². The fourth-order valence-corrected chi connectivity index (χ4v) is 1.01. The third kappa shape index (κ3) is 3.61. The summed E-state index contributed by atoms with van der Waals surface area (Å²) in [6, 6.07) is 0. The third-order valence-electron chi connectivity index (χ3n) is 2.13. The van der Waals surface area contributed by atoms with Crippen LogP contribution in [0.5, 0.6) is 0 Å². The first-order chi connectivity index (χ1) is 6.40. The summed E-state index contributed by atoms with van der Waals surface area (Å²) in [5, 5.41) is 0. The summed E-state index contributed by atoms with van der Waals surface area (Å²) in [5.41, 5.74) is 5.29. The molecule has 0 aliphatic heterocycles. The van der Waals surface area contributed by atoms with Gasteiger partial charge in [0.05, 0.1) is 0 Å². The van der Waals surface area contributed by atoms with Crippen LogP contribution >= 0.6 is 0 Å². The summed E-state index contributed by atoms with van der Waals surface area (Å²) >= 11 is 0. The molecule has 0 aliphatic carbocycles. The molecule has 0 rings (SSSR count). The zero-order valence-corrected chi connectivity index (χ0v) is 9.78. The van der Waals surface area contributed by atoms with Gasteiger partial charge in [0.25, 0.3) is 0 Å². The minimum Gasteiger partial charge on any atom is -0.0955 e. The molecule has 0 aromatic carbocycles. The first-order valence-electron chi connectivity index (χ1n) is 4.75. The van der Waals surface area contributed by atoms with Gasteiger partial charge in [0.2, 0.25) is 0 Å². The van der Waals surface area contributed by atoms with E-state index in [9.17, 15) is 0 Å². The summed E-state index contributed by atoms with van der Waals surface area (Å²) in [6.45, 7) is 19.9. The summed E-state index contributed by atoms with van der Waals surface area (Å²) in [5.74, 6) is 0. The predicted octanol–water partition coefficient (Wildman–Crippen LogP) is 4.59. The fraction of sp³-hybridized carbons (Fsp3) is 0.286. The zero-order chi connectivity index (χ0) is 11.3. The Hall–Kier alpha value is -1.30. The van der Waals surface area contributed by atoms with Gasteiger partial charge in [-0.05, 0) is 38.8 Å². The molecule has 0 heterocycles. The second kappa shape index (κ2) is 5.43. The molecule has 0 amide bonds. The van der Waals surface area contributed by atoms with E-state index < -0.39 is 0 Å². The lowest BCUT2D eigenvalue weighted by Crippen LogP contribution is -1.91. The van der Waals surface area contributed by atoms with Crippen LogP contribution in [0.25, 0.3) is 0 Å². The molecule has 0 heteroatoms. The second-order valence-electron chi connectivity index (χ2n) is 3.63. The largest absolute Gasteiger partial charge is 0.0955 e. The van der Waals surface area contributed by atoms with Gasteiger partial charge in [-0.1, -0.05) is 48.6 Å². The maximum absolute atomic E-state index is 4.01. The zero-order valence-electron chi connectivity index (χ0n) is 9.78. The van der Waals surface area contributed by atoms with Crippen molar-refractivity contribution in [1.82, 2.24) is 0 Å². The van der Waals surface area contributed by atoms with E-state index in [4.69, 9.17) is 0 Å². The van der Waals surface area contributed by atoms with Crippen LogP contribution in [0.3, 0.4) is 0 Å². The highest BCUT2D eigenvalue weighted by Crippen LogP contribution is 2.23. The molecular weight excluding hydrogens is 168 g/mol. The predicted molar refractivity (Wildman–Crippen MR) is 66.3 cm³/mol. The molecule has 0 spiro atoms. The van der Waals surface area contributed by atoms with E-state index in [1.807, 2.05) is 20.8 Å². The standard InChI is InChI=1S/C14H20/c1-8-12(6)9-14(11(4)5)13(7)10(2)3/h8-9H,2,4,7H2,1,3,5-6H3/b12-8-,14-9+. The molecule has 14 heavy (non-hydrogen) atoms. The van der Waals surface area contributed by atoms with Crippen molar-refractivity contribution in [1.29, 1.82) is 0 Å². The van der Waals surface area contributed by atoms with E-state index in [1.165, 1.54) is 5.57 Å². The van der Waals surface area contributed by atoms with E-state index in [0.29, 0.717) is 0 Å². The van der Waals surface area contributed by atoms with Crippen LogP contribution in [0.2, 0.25) is 0 Å². The van der Waals surface area contributed by atoms with Gasteiger partial charge in [0.15, 0.2) is 0 Å². The van der Waals surface area contributed by atoms with Crippen molar-refractivity contribution in [2.24, 2.45) is 0 Å². The Balaban J connectivity index is 5.17. The van der Waals surface area contributed by atoms with Crippen molar-refractivity contribution in [2.45, 2.75) is 27.7 Å². The van der Waals surface area contributed by atoms with Crippen LogP contribution in [0.4, 0.5) is 0 Å². The molecule has 0 aromatic rings. The Morgan fingerprint density at radius 3 is 1.71 bits per heavy atom. The van der Waals surface area contributed by atoms with Crippen molar-refractivity contribution in [2.75, 3.05) is 0 Å². The van der Waals surface area contributed by atoms with Crippen LogP contribution in [-0.2, 0) is 0 Å². The summed E-state index contributed by atoms with van der Waals surface area (Å²) in [7, 11) is 0. The van der Waals surface area contributed by atoms with Crippen molar-refractivity contribution < 1.29 is 0 Å². The molecule has 0 saturated carbocycles. The first kappa shape index (κ1) is 12.7. The lowest BCUT2D eigenvalue weighted by molar-refractivity contribution is 1.31. The SMILES string of the molecule is C=C(C)C(=C)/C(=C/C(C)=C\C)C(=C)C. The lowest BCUT2D eigenvalue weighted by Gasteiger charge is -2.10. The molecule has 0 unspecified atom stereocenters. The van der Waals surface area contributed by atoms with Gasteiger partial charge in [-0.15, -0.1) is 0 Å².